The van der Waals surface area contributed by atoms with Crippen LogP contribution in [0.25, 0.3) is 10.6 Å². The third-order valence-corrected chi connectivity index (χ3v) is 6.59. The van der Waals surface area contributed by atoms with Gasteiger partial charge < -0.3 is 19.2 Å². The smallest absolute Gasteiger partial charge is 0.276 e. The topological polar surface area (TPSA) is 78.6 Å². The van der Waals surface area contributed by atoms with Crippen molar-refractivity contribution < 1.29 is 9.32 Å². The van der Waals surface area contributed by atoms with E-state index >= 15 is 0 Å². The van der Waals surface area contributed by atoms with Gasteiger partial charge in [-0.25, -0.2) is 0 Å². The summed E-state index contributed by atoms with van der Waals surface area (Å²) in [6, 6.07) is 9.73. The zero-order valence-electron chi connectivity index (χ0n) is 16.7. The van der Waals surface area contributed by atoms with Crippen molar-refractivity contribution in [2.45, 2.75) is 19.3 Å². The van der Waals surface area contributed by atoms with E-state index in [1.54, 1.807) is 17.4 Å². The van der Waals surface area contributed by atoms with E-state index in [2.05, 4.69) is 31.2 Å². The molecule has 0 bridgehead atoms. The van der Waals surface area contributed by atoms with E-state index in [9.17, 15) is 4.79 Å². The van der Waals surface area contributed by atoms with Crippen molar-refractivity contribution in [2.24, 2.45) is 0 Å². The Labute approximate surface area is 179 Å². The van der Waals surface area contributed by atoms with Crippen molar-refractivity contribution in [3.05, 3.63) is 41.4 Å². The maximum absolute atomic E-state index is 12.8. The molecule has 5 heterocycles. The van der Waals surface area contributed by atoms with Crippen LogP contribution in [0, 0.1) is 0 Å². The van der Waals surface area contributed by atoms with Gasteiger partial charge in [-0.2, -0.15) is 0 Å². The lowest BCUT2D eigenvalue weighted by Gasteiger charge is -2.35. The Hall–Kier alpha value is -2.94. The van der Waals surface area contributed by atoms with Crippen LogP contribution >= 0.6 is 11.3 Å². The molecule has 0 atom stereocenters. The first-order chi connectivity index (χ1) is 14.8. The fourth-order valence-corrected chi connectivity index (χ4v) is 4.66. The first-order valence-corrected chi connectivity index (χ1v) is 11.3. The van der Waals surface area contributed by atoms with Gasteiger partial charge in [-0.05, 0) is 42.8 Å². The van der Waals surface area contributed by atoms with Gasteiger partial charge in [0.1, 0.15) is 0 Å². The first-order valence-electron chi connectivity index (χ1n) is 10.4. The number of carbonyl (C=O) groups excluding carboxylic acids is 1. The molecule has 3 aromatic rings. The van der Waals surface area contributed by atoms with Crippen LogP contribution in [0.2, 0.25) is 0 Å². The highest BCUT2D eigenvalue weighted by Gasteiger charge is 2.26. The molecule has 0 aromatic carbocycles. The van der Waals surface area contributed by atoms with Crippen molar-refractivity contribution in [1.82, 2.24) is 20.3 Å². The minimum absolute atomic E-state index is 0.0901. The van der Waals surface area contributed by atoms with E-state index in [4.69, 9.17) is 4.52 Å². The van der Waals surface area contributed by atoms with E-state index in [-0.39, 0.29) is 5.91 Å². The summed E-state index contributed by atoms with van der Waals surface area (Å²) in [4.78, 5) is 20.1. The van der Waals surface area contributed by atoms with Crippen LogP contribution in [-0.4, -0.2) is 65.4 Å². The average Bonchev–Trinajstić information content (AvgIpc) is 3.52. The van der Waals surface area contributed by atoms with Gasteiger partial charge in [0.2, 0.25) is 0 Å². The number of aromatic nitrogens is 3. The van der Waals surface area contributed by atoms with Gasteiger partial charge in [0.15, 0.2) is 23.1 Å². The highest BCUT2D eigenvalue weighted by molar-refractivity contribution is 7.13. The second-order valence-corrected chi connectivity index (χ2v) is 8.58. The Morgan fingerprint density at radius 1 is 0.900 bits per heavy atom. The summed E-state index contributed by atoms with van der Waals surface area (Å²) < 4.78 is 5.35. The molecule has 0 spiro atoms. The molecule has 0 unspecified atom stereocenters. The highest BCUT2D eigenvalue weighted by Crippen LogP contribution is 2.26. The predicted molar refractivity (Wildman–Crippen MR) is 116 cm³/mol. The molecule has 2 aliphatic rings. The van der Waals surface area contributed by atoms with Crippen LogP contribution in [0.3, 0.4) is 0 Å². The molecule has 9 heteroatoms. The summed E-state index contributed by atoms with van der Waals surface area (Å²) in [6.07, 6.45) is 3.74. The van der Waals surface area contributed by atoms with E-state index in [0.717, 1.165) is 42.7 Å². The van der Waals surface area contributed by atoms with Gasteiger partial charge in [0.25, 0.3) is 5.91 Å². The van der Waals surface area contributed by atoms with Crippen LogP contribution < -0.4 is 9.80 Å². The zero-order chi connectivity index (χ0) is 20.3. The monoisotopic (exact) mass is 424 g/mol. The summed E-state index contributed by atoms with van der Waals surface area (Å²) >= 11 is 1.56. The van der Waals surface area contributed by atoms with E-state index in [0.29, 0.717) is 24.5 Å². The second kappa shape index (κ2) is 8.43. The van der Waals surface area contributed by atoms with Crippen LogP contribution in [0.4, 0.5) is 11.6 Å². The van der Waals surface area contributed by atoms with Gasteiger partial charge in [-0.3, -0.25) is 4.79 Å². The number of piperazine rings is 1. The summed E-state index contributed by atoms with van der Waals surface area (Å²) in [5.74, 6) is 2.37. The number of piperidine rings is 1. The lowest BCUT2D eigenvalue weighted by molar-refractivity contribution is 0.0736. The van der Waals surface area contributed by atoms with Crippen molar-refractivity contribution in [2.75, 3.05) is 49.1 Å². The minimum Gasteiger partial charge on any atom is -0.355 e. The first kappa shape index (κ1) is 19.0. The van der Waals surface area contributed by atoms with Gasteiger partial charge in [-0.1, -0.05) is 11.2 Å². The highest BCUT2D eigenvalue weighted by atomic mass is 32.1. The molecule has 0 N–H and O–H groups in total. The lowest BCUT2D eigenvalue weighted by Crippen LogP contribution is -2.49. The Bertz CT molecular complexity index is 973. The Morgan fingerprint density at radius 2 is 1.60 bits per heavy atom. The summed E-state index contributed by atoms with van der Waals surface area (Å²) in [5.41, 5.74) is 0.359. The van der Waals surface area contributed by atoms with Gasteiger partial charge in [0, 0.05) is 45.3 Å². The quantitative estimate of drug-likeness (QED) is 0.637. The van der Waals surface area contributed by atoms with E-state index in [1.165, 1.54) is 19.3 Å². The summed E-state index contributed by atoms with van der Waals surface area (Å²) in [7, 11) is 0. The number of hydrogen-bond acceptors (Lipinski definition) is 8. The van der Waals surface area contributed by atoms with Crippen LogP contribution in [0.15, 0.2) is 40.2 Å². The third-order valence-electron chi connectivity index (χ3n) is 5.70. The van der Waals surface area contributed by atoms with Gasteiger partial charge in [0.05, 0.1) is 4.88 Å². The Kier molecular flexibility index (Phi) is 5.35. The van der Waals surface area contributed by atoms with Gasteiger partial charge >= 0.3 is 0 Å². The number of rotatable bonds is 4. The molecule has 0 radical (unpaired) electrons. The maximum Gasteiger partial charge on any atom is 0.276 e. The number of amides is 1. The molecule has 30 heavy (non-hydrogen) atoms. The number of hydrogen-bond donors (Lipinski definition) is 0. The minimum atomic E-state index is -0.0901. The molecule has 3 aromatic heterocycles. The number of carbonyl (C=O) groups is 1. The SMILES string of the molecule is O=C(c1cc(-c2cccs2)on1)N1CCN(c2ccc(N3CCCCC3)nn2)CC1. The molecule has 2 saturated heterocycles. The molecule has 5 rings (SSSR count). The van der Waals surface area contributed by atoms with Gasteiger partial charge in [-0.15, -0.1) is 21.5 Å². The summed E-state index contributed by atoms with van der Waals surface area (Å²) in [6.45, 7) is 4.81. The van der Waals surface area contributed by atoms with Crippen molar-refractivity contribution >= 4 is 28.9 Å². The Morgan fingerprint density at radius 3 is 2.23 bits per heavy atom. The van der Waals surface area contributed by atoms with Crippen molar-refractivity contribution in [3.8, 4) is 10.6 Å². The van der Waals surface area contributed by atoms with Crippen LogP contribution in [-0.2, 0) is 0 Å². The molecule has 156 valence electrons. The third kappa shape index (κ3) is 3.89. The molecular formula is C21H24N6O2S. The lowest BCUT2D eigenvalue weighted by atomic mass is 10.1. The molecule has 0 aliphatic carbocycles. The van der Waals surface area contributed by atoms with Crippen LogP contribution in [0.1, 0.15) is 29.8 Å². The average molecular weight is 425 g/mol. The number of anilines is 2. The largest absolute Gasteiger partial charge is 0.355 e. The second-order valence-electron chi connectivity index (χ2n) is 7.63. The maximum atomic E-state index is 12.8. The molecular weight excluding hydrogens is 400 g/mol. The molecule has 2 aliphatic heterocycles. The fraction of sp³-hybridized carbons (Fsp3) is 0.429. The molecule has 0 saturated carbocycles. The van der Waals surface area contributed by atoms with Crippen molar-refractivity contribution in [3.63, 3.8) is 0 Å². The summed E-state index contributed by atoms with van der Waals surface area (Å²) in [5, 5.41) is 14.8. The fourth-order valence-electron chi connectivity index (χ4n) is 3.99. The van der Waals surface area contributed by atoms with Crippen LogP contribution in [0.5, 0.6) is 0 Å². The van der Waals surface area contributed by atoms with E-state index in [1.807, 2.05) is 28.5 Å². The number of thiophene rings is 1. The predicted octanol–water partition coefficient (Wildman–Crippen LogP) is 3.15. The molecule has 2 fully saturated rings. The molecule has 1 amide bonds. The number of nitrogens with zero attached hydrogens (tertiary/aromatic N) is 6. The normalized spacial score (nSPS) is 17.4. The van der Waals surface area contributed by atoms with E-state index < -0.39 is 0 Å². The Balaban J connectivity index is 1.18. The van der Waals surface area contributed by atoms with Crippen molar-refractivity contribution in [1.29, 1.82) is 0 Å². The standard InChI is InChI=1S/C21H24N6O2S/c28-21(16-15-17(29-24-16)18-5-4-14-30-18)27-12-10-26(11-13-27)20-7-6-19(22-23-20)25-8-2-1-3-9-25/h4-7,14-15H,1-3,8-13H2. The molecule has 8 nitrogen and oxygen atoms in total. The zero-order valence-corrected chi connectivity index (χ0v) is 17.6.